The van der Waals surface area contributed by atoms with Gasteiger partial charge < -0.3 is 15.0 Å². The van der Waals surface area contributed by atoms with Gasteiger partial charge in [0, 0.05) is 13.1 Å². The van der Waals surface area contributed by atoms with Gasteiger partial charge in [-0.1, -0.05) is 55.0 Å². The van der Waals surface area contributed by atoms with Crippen molar-refractivity contribution in [2.45, 2.75) is 44.7 Å². The number of aryl methyl sites for hydroxylation is 1. The number of amides is 2. The molecule has 3 aromatic carbocycles. The number of ether oxygens (including phenoxy) is 1. The van der Waals surface area contributed by atoms with Gasteiger partial charge in [0.15, 0.2) is 0 Å². The van der Waals surface area contributed by atoms with Gasteiger partial charge >= 0.3 is 0 Å². The van der Waals surface area contributed by atoms with Crippen LogP contribution < -0.4 is 14.4 Å². The maximum absolute atomic E-state index is 13.9. The number of nitrogens with zero attached hydrogens (tertiary/aromatic N) is 2. The van der Waals surface area contributed by atoms with Crippen LogP contribution in [0, 0.1) is 6.92 Å². The second-order valence-electron chi connectivity index (χ2n) is 9.12. The Morgan fingerprint density at radius 3 is 2.28 bits per heavy atom. The van der Waals surface area contributed by atoms with Crippen LogP contribution in [0.2, 0.25) is 0 Å². The van der Waals surface area contributed by atoms with Gasteiger partial charge in [-0.25, -0.2) is 8.42 Å². The predicted octanol–water partition coefficient (Wildman–Crippen LogP) is 4.90. The second-order valence-corrected chi connectivity index (χ2v) is 11.8. The molecule has 0 aliphatic rings. The third kappa shape index (κ3) is 7.60. The largest absolute Gasteiger partial charge is 0.496 e. The lowest BCUT2D eigenvalue weighted by atomic mass is 10.1. The highest BCUT2D eigenvalue weighted by atomic mass is 79.9. The Balaban J connectivity index is 2.03. The maximum atomic E-state index is 13.9. The number of nitrogens with one attached hydrogen (secondary N) is 1. The Labute approximate surface area is 239 Å². The molecule has 0 fully saturated rings. The molecule has 1 atom stereocenters. The summed E-state index contributed by atoms with van der Waals surface area (Å²) < 4.78 is 34.7. The van der Waals surface area contributed by atoms with Gasteiger partial charge in [-0.05, 0) is 72.1 Å². The summed E-state index contributed by atoms with van der Waals surface area (Å²) in [5, 5.41) is 2.84. The highest BCUT2D eigenvalue weighted by molar-refractivity contribution is 9.10. The monoisotopic (exact) mass is 615 g/mol. The Bertz CT molecular complexity index is 1380. The van der Waals surface area contributed by atoms with E-state index in [1.54, 1.807) is 37.3 Å². The lowest BCUT2D eigenvalue weighted by Gasteiger charge is -2.32. The van der Waals surface area contributed by atoms with Crippen molar-refractivity contribution in [3.8, 4) is 5.75 Å². The first kappa shape index (κ1) is 30.2. The molecule has 3 rings (SSSR count). The van der Waals surface area contributed by atoms with Crippen LogP contribution in [0.5, 0.6) is 5.75 Å². The molecular weight excluding hydrogens is 582 g/mol. The summed E-state index contributed by atoms with van der Waals surface area (Å²) in [5.41, 5.74) is 2.11. The van der Waals surface area contributed by atoms with Crippen LogP contribution in [0.1, 0.15) is 31.4 Å². The molecule has 2 amide bonds. The standard InChI is InChI=1S/C29H34BrN3O5S/c1-5-17-31-29(35)22(3)32(19-23-9-7-6-8-10-23)28(34)20-33(24-13-11-21(2)12-14-24)39(36,37)25-15-16-27(38-4)26(30)18-25/h6-16,18,22H,5,17,19-20H2,1-4H3,(H,31,35)/t22-/m0/s1. The first-order valence-corrected chi connectivity index (χ1v) is 14.9. The molecule has 208 valence electrons. The number of hydrogen-bond acceptors (Lipinski definition) is 5. The fourth-order valence-electron chi connectivity index (χ4n) is 3.93. The number of rotatable bonds is 12. The SMILES string of the molecule is CCCNC(=O)[C@H](C)N(Cc1ccccc1)C(=O)CN(c1ccc(C)cc1)S(=O)(=O)c1ccc(OC)c(Br)c1. The number of benzene rings is 3. The molecule has 0 aliphatic heterocycles. The van der Waals surface area contributed by atoms with Gasteiger partial charge in [-0.15, -0.1) is 0 Å². The average molecular weight is 617 g/mol. The Morgan fingerprint density at radius 2 is 1.69 bits per heavy atom. The van der Waals surface area contributed by atoms with Gasteiger partial charge in [0.05, 0.1) is 22.2 Å². The fraction of sp³-hybridized carbons (Fsp3) is 0.310. The summed E-state index contributed by atoms with van der Waals surface area (Å²) in [6.07, 6.45) is 0.752. The van der Waals surface area contributed by atoms with Gasteiger partial charge in [0.2, 0.25) is 11.8 Å². The van der Waals surface area contributed by atoms with E-state index in [0.717, 1.165) is 21.9 Å². The number of halogens is 1. The van der Waals surface area contributed by atoms with Gasteiger partial charge in [-0.3, -0.25) is 13.9 Å². The number of methoxy groups -OCH3 is 1. The summed E-state index contributed by atoms with van der Waals surface area (Å²) >= 11 is 3.35. The van der Waals surface area contributed by atoms with Crippen molar-refractivity contribution in [3.05, 3.63) is 88.4 Å². The minimum Gasteiger partial charge on any atom is -0.496 e. The van der Waals surface area contributed by atoms with Crippen LogP contribution in [0.25, 0.3) is 0 Å². The van der Waals surface area contributed by atoms with E-state index >= 15 is 0 Å². The Hall–Kier alpha value is -3.37. The number of sulfonamides is 1. The molecule has 0 heterocycles. The summed E-state index contributed by atoms with van der Waals surface area (Å²) in [4.78, 5) is 28.2. The molecule has 0 unspecified atom stereocenters. The van der Waals surface area contributed by atoms with Crippen LogP contribution in [0.4, 0.5) is 5.69 Å². The van der Waals surface area contributed by atoms with E-state index in [-0.39, 0.29) is 17.3 Å². The highest BCUT2D eigenvalue weighted by Crippen LogP contribution is 2.31. The summed E-state index contributed by atoms with van der Waals surface area (Å²) in [7, 11) is -2.69. The third-order valence-corrected chi connectivity index (χ3v) is 8.61. The zero-order valence-corrected chi connectivity index (χ0v) is 25.0. The van der Waals surface area contributed by atoms with Crippen LogP contribution in [-0.4, -0.2) is 51.4 Å². The van der Waals surface area contributed by atoms with E-state index in [2.05, 4.69) is 21.2 Å². The van der Waals surface area contributed by atoms with E-state index in [9.17, 15) is 18.0 Å². The number of anilines is 1. The molecule has 1 N–H and O–H groups in total. The molecule has 0 spiro atoms. The normalized spacial score (nSPS) is 11.9. The predicted molar refractivity (Wildman–Crippen MR) is 156 cm³/mol. The zero-order valence-electron chi connectivity index (χ0n) is 22.6. The van der Waals surface area contributed by atoms with Crippen molar-refractivity contribution in [1.29, 1.82) is 0 Å². The zero-order chi connectivity index (χ0) is 28.6. The Morgan fingerprint density at radius 1 is 1.03 bits per heavy atom. The lowest BCUT2D eigenvalue weighted by Crippen LogP contribution is -2.51. The molecule has 10 heteroatoms. The average Bonchev–Trinajstić information content (AvgIpc) is 2.93. The van der Waals surface area contributed by atoms with Crippen molar-refractivity contribution >= 4 is 43.5 Å². The quantitative estimate of drug-likeness (QED) is 0.312. The van der Waals surface area contributed by atoms with Crippen molar-refractivity contribution < 1.29 is 22.7 Å². The summed E-state index contributed by atoms with van der Waals surface area (Å²) in [5.74, 6) is -0.326. The smallest absolute Gasteiger partial charge is 0.264 e. The van der Waals surface area contributed by atoms with Crippen LogP contribution in [0.15, 0.2) is 82.2 Å². The minimum atomic E-state index is -4.18. The van der Waals surface area contributed by atoms with Crippen LogP contribution in [-0.2, 0) is 26.2 Å². The van der Waals surface area contributed by atoms with Crippen molar-refractivity contribution in [3.63, 3.8) is 0 Å². The van der Waals surface area contributed by atoms with E-state index in [4.69, 9.17) is 4.74 Å². The van der Waals surface area contributed by atoms with E-state index < -0.39 is 28.5 Å². The van der Waals surface area contributed by atoms with E-state index in [0.29, 0.717) is 22.5 Å². The first-order valence-electron chi connectivity index (χ1n) is 12.6. The maximum Gasteiger partial charge on any atom is 0.264 e. The molecular formula is C29H34BrN3O5S. The van der Waals surface area contributed by atoms with Gasteiger partial charge in [-0.2, -0.15) is 0 Å². The molecule has 0 saturated carbocycles. The molecule has 0 aliphatic carbocycles. The van der Waals surface area contributed by atoms with Gasteiger partial charge in [0.1, 0.15) is 18.3 Å². The summed E-state index contributed by atoms with van der Waals surface area (Å²) in [6, 6.07) is 19.8. The molecule has 0 bridgehead atoms. The van der Waals surface area contributed by atoms with Crippen LogP contribution >= 0.6 is 15.9 Å². The topological polar surface area (TPSA) is 96.0 Å². The highest BCUT2D eigenvalue weighted by Gasteiger charge is 2.32. The molecule has 0 saturated heterocycles. The first-order chi connectivity index (χ1) is 18.6. The van der Waals surface area contributed by atoms with Crippen molar-refractivity contribution in [2.75, 3.05) is 24.5 Å². The molecule has 0 aromatic heterocycles. The van der Waals surface area contributed by atoms with Crippen molar-refractivity contribution in [2.24, 2.45) is 0 Å². The molecule has 0 radical (unpaired) electrons. The van der Waals surface area contributed by atoms with Crippen LogP contribution in [0.3, 0.4) is 0 Å². The molecule has 39 heavy (non-hydrogen) atoms. The van der Waals surface area contributed by atoms with E-state index in [1.807, 2.05) is 44.2 Å². The molecule has 8 nitrogen and oxygen atoms in total. The number of carbonyl (C=O) groups is 2. The molecule has 3 aromatic rings. The number of carbonyl (C=O) groups excluding carboxylic acids is 2. The Kier molecular flexibility index (Phi) is 10.5. The number of hydrogen-bond donors (Lipinski definition) is 1. The summed E-state index contributed by atoms with van der Waals surface area (Å²) in [6.45, 7) is 5.62. The minimum absolute atomic E-state index is 0.00750. The van der Waals surface area contributed by atoms with E-state index in [1.165, 1.54) is 24.1 Å². The fourth-order valence-corrected chi connectivity index (χ4v) is 6.07. The van der Waals surface area contributed by atoms with Crippen molar-refractivity contribution in [1.82, 2.24) is 10.2 Å². The van der Waals surface area contributed by atoms with Gasteiger partial charge in [0.25, 0.3) is 10.0 Å². The second kappa shape index (κ2) is 13.6. The third-order valence-electron chi connectivity index (χ3n) is 6.22. The lowest BCUT2D eigenvalue weighted by molar-refractivity contribution is -0.139.